The average molecular weight is 416 g/mol. The number of carbonyl (C=O) groups excluding carboxylic acids is 1. The Hall–Kier alpha value is -2.68. The third-order valence-corrected chi connectivity index (χ3v) is 7.21. The van der Waals surface area contributed by atoms with Crippen molar-refractivity contribution in [1.29, 1.82) is 0 Å². The SMILES string of the molecule is CN(CC(=O)NN(Cc1ccccc1)c1ccccc1)S(=O)(=O)c1cccs1. The van der Waals surface area contributed by atoms with Crippen LogP contribution in [0.15, 0.2) is 82.4 Å². The highest BCUT2D eigenvalue weighted by atomic mass is 32.2. The maximum absolute atomic E-state index is 12.6. The number of anilines is 1. The fourth-order valence-corrected chi connectivity index (χ4v) is 4.93. The molecule has 8 heteroatoms. The van der Waals surface area contributed by atoms with E-state index in [1.165, 1.54) is 13.1 Å². The van der Waals surface area contributed by atoms with Gasteiger partial charge < -0.3 is 0 Å². The van der Waals surface area contributed by atoms with Gasteiger partial charge in [-0.05, 0) is 29.1 Å². The van der Waals surface area contributed by atoms with Crippen LogP contribution in [0.2, 0.25) is 0 Å². The number of likely N-dealkylation sites (N-methyl/N-ethyl adjacent to an activating group) is 1. The van der Waals surface area contributed by atoms with Gasteiger partial charge in [0.15, 0.2) is 0 Å². The standard InChI is InChI=1S/C20H21N3O3S2/c1-22(28(25,26)20-13-8-14-27-20)16-19(24)21-23(18-11-6-3-7-12-18)15-17-9-4-2-5-10-17/h2-14H,15-16H2,1H3,(H,21,24). The maximum Gasteiger partial charge on any atom is 0.253 e. The molecule has 0 spiro atoms. The first-order valence-electron chi connectivity index (χ1n) is 8.62. The lowest BCUT2D eigenvalue weighted by atomic mass is 10.2. The van der Waals surface area contributed by atoms with Crippen LogP contribution >= 0.6 is 11.3 Å². The van der Waals surface area contributed by atoms with Gasteiger partial charge in [0.1, 0.15) is 4.21 Å². The predicted molar refractivity (Wildman–Crippen MR) is 111 cm³/mol. The summed E-state index contributed by atoms with van der Waals surface area (Å²) in [5.41, 5.74) is 4.65. The molecule has 2 aromatic carbocycles. The van der Waals surface area contributed by atoms with Crippen LogP contribution in [0, 0.1) is 0 Å². The Balaban J connectivity index is 1.72. The molecule has 28 heavy (non-hydrogen) atoms. The smallest absolute Gasteiger partial charge is 0.253 e. The number of rotatable bonds is 8. The van der Waals surface area contributed by atoms with Crippen LogP contribution in [-0.4, -0.2) is 32.2 Å². The highest BCUT2D eigenvalue weighted by molar-refractivity contribution is 7.91. The molecule has 146 valence electrons. The van der Waals surface area contributed by atoms with Crippen LogP contribution in [0.3, 0.4) is 0 Å². The fourth-order valence-electron chi connectivity index (χ4n) is 2.61. The van der Waals surface area contributed by atoms with Crippen LogP contribution in [-0.2, 0) is 21.4 Å². The average Bonchev–Trinajstić information content (AvgIpc) is 3.24. The van der Waals surface area contributed by atoms with Gasteiger partial charge in [0.25, 0.3) is 15.9 Å². The number of hydrazine groups is 1. The molecule has 0 radical (unpaired) electrons. The molecule has 0 aliphatic carbocycles. The number of carbonyl (C=O) groups is 1. The van der Waals surface area contributed by atoms with E-state index in [0.717, 1.165) is 26.9 Å². The van der Waals surface area contributed by atoms with Crippen LogP contribution in [0.4, 0.5) is 5.69 Å². The van der Waals surface area contributed by atoms with Gasteiger partial charge >= 0.3 is 0 Å². The fraction of sp³-hybridized carbons (Fsp3) is 0.150. The zero-order valence-corrected chi connectivity index (χ0v) is 17.0. The van der Waals surface area contributed by atoms with Crippen molar-refractivity contribution in [3.05, 3.63) is 83.7 Å². The molecule has 1 amide bonds. The molecule has 0 aliphatic heterocycles. The molecule has 1 aromatic heterocycles. The summed E-state index contributed by atoms with van der Waals surface area (Å²) in [4.78, 5) is 12.6. The topological polar surface area (TPSA) is 69.7 Å². The van der Waals surface area contributed by atoms with E-state index in [1.54, 1.807) is 16.5 Å². The number of hydrogen-bond donors (Lipinski definition) is 1. The molecule has 0 fully saturated rings. The van der Waals surface area contributed by atoms with Crippen LogP contribution in [0.5, 0.6) is 0 Å². The summed E-state index contributed by atoms with van der Waals surface area (Å²) in [5, 5.41) is 3.40. The maximum atomic E-state index is 12.6. The number of para-hydroxylation sites is 1. The van der Waals surface area contributed by atoms with E-state index in [4.69, 9.17) is 0 Å². The van der Waals surface area contributed by atoms with Gasteiger partial charge in [-0.2, -0.15) is 4.31 Å². The molecule has 3 rings (SSSR count). The van der Waals surface area contributed by atoms with Gasteiger partial charge in [-0.25, -0.2) is 8.42 Å². The number of nitrogens with one attached hydrogen (secondary N) is 1. The summed E-state index contributed by atoms with van der Waals surface area (Å²) in [5.74, 6) is -0.414. The van der Waals surface area contributed by atoms with Gasteiger partial charge in [0.05, 0.1) is 18.8 Å². The minimum absolute atomic E-state index is 0.215. The summed E-state index contributed by atoms with van der Waals surface area (Å²) in [7, 11) is -2.28. The van der Waals surface area contributed by atoms with Crippen LogP contribution in [0.25, 0.3) is 0 Å². The van der Waals surface area contributed by atoms with Crippen molar-refractivity contribution < 1.29 is 13.2 Å². The molecule has 0 aliphatic rings. The highest BCUT2D eigenvalue weighted by Gasteiger charge is 2.24. The zero-order valence-electron chi connectivity index (χ0n) is 15.4. The Kier molecular flexibility index (Phi) is 6.45. The summed E-state index contributed by atoms with van der Waals surface area (Å²) < 4.78 is 26.3. The molecule has 1 heterocycles. The van der Waals surface area contributed by atoms with Crippen molar-refractivity contribution in [2.45, 2.75) is 10.8 Å². The van der Waals surface area contributed by atoms with Crippen molar-refractivity contribution in [2.24, 2.45) is 0 Å². The normalized spacial score (nSPS) is 11.4. The molecule has 0 saturated carbocycles. The van der Waals surface area contributed by atoms with Gasteiger partial charge in [0.2, 0.25) is 0 Å². The van der Waals surface area contributed by atoms with Crippen molar-refractivity contribution in [1.82, 2.24) is 9.73 Å². The third kappa shape index (κ3) is 4.98. The van der Waals surface area contributed by atoms with E-state index in [2.05, 4.69) is 5.43 Å². The Bertz CT molecular complexity index is 992. The van der Waals surface area contributed by atoms with Crippen molar-refractivity contribution in [3.63, 3.8) is 0 Å². The van der Waals surface area contributed by atoms with Crippen LogP contribution in [0.1, 0.15) is 5.56 Å². The quantitative estimate of drug-likeness (QED) is 0.574. The Labute approximate surface area is 169 Å². The molecule has 0 atom stereocenters. The van der Waals surface area contributed by atoms with Crippen molar-refractivity contribution in [2.75, 3.05) is 18.6 Å². The van der Waals surface area contributed by atoms with Gasteiger partial charge in [-0.15, -0.1) is 11.3 Å². The minimum Gasteiger partial charge on any atom is -0.281 e. The van der Waals surface area contributed by atoms with Gasteiger partial charge in [0, 0.05) is 7.05 Å². The molecule has 6 nitrogen and oxygen atoms in total. The Morgan fingerprint density at radius 1 is 0.964 bits per heavy atom. The first-order valence-corrected chi connectivity index (χ1v) is 10.9. The van der Waals surface area contributed by atoms with E-state index in [0.29, 0.717) is 6.54 Å². The zero-order chi connectivity index (χ0) is 20.0. The molecule has 0 unspecified atom stereocenters. The molecular formula is C20H21N3O3S2. The second kappa shape index (κ2) is 9.01. The van der Waals surface area contributed by atoms with Gasteiger partial charge in [-0.1, -0.05) is 54.6 Å². The Morgan fingerprint density at radius 2 is 1.61 bits per heavy atom. The number of sulfonamides is 1. The largest absolute Gasteiger partial charge is 0.281 e. The lowest BCUT2D eigenvalue weighted by Crippen LogP contribution is -2.47. The van der Waals surface area contributed by atoms with E-state index in [-0.39, 0.29) is 10.8 Å². The minimum atomic E-state index is -3.68. The number of amides is 1. The first kappa shape index (κ1) is 20.1. The van der Waals surface area contributed by atoms with E-state index in [9.17, 15) is 13.2 Å². The summed E-state index contributed by atoms with van der Waals surface area (Å²) in [6.45, 7) is 0.177. The lowest BCUT2D eigenvalue weighted by Gasteiger charge is -2.26. The number of benzene rings is 2. The highest BCUT2D eigenvalue weighted by Crippen LogP contribution is 2.20. The Morgan fingerprint density at radius 3 is 2.21 bits per heavy atom. The number of nitrogens with zero attached hydrogens (tertiary/aromatic N) is 2. The lowest BCUT2D eigenvalue weighted by molar-refractivity contribution is -0.121. The van der Waals surface area contributed by atoms with E-state index >= 15 is 0 Å². The van der Waals surface area contributed by atoms with Gasteiger partial charge in [-0.3, -0.25) is 15.2 Å². The van der Waals surface area contributed by atoms with E-state index in [1.807, 2.05) is 60.7 Å². The second-order valence-electron chi connectivity index (χ2n) is 6.14. The number of thiophene rings is 1. The monoisotopic (exact) mass is 415 g/mol. The first-order chi connectivity index (χ1) is 13.5. The molecule has 0 bridgehead atoms. The van der Waals surface area contributed by atoms with Crippen molar-refractivity contribution in [3.8, 4) is 0 Å². The molecule has 1 N–H and O–H groups in total. The molecular weight excluding hydrogens is 394 g/mol. The number of hydrogen-bond acceptors (Lipinski definition) is 5. The van der Waals surface area contributed by atoms with Crippen molar-refractivity contribution >= 4 is 33.0 Å². The van der Waals surface area contributed by atoms with E-state index < -0.39 is 15.9 Å². The predicted octanol–water partition coefficient (Wildman–Crippen LogP) is 3.11. The molecule has 0 saturated heterocycles. The summed E-state index contributed by atoms with van der Waals surface area (Å²) >= 11 is 1.13. The summed E-state index contributed by atoms with van der Waals surface area (Å²) in [6, 6.07) is 22.4. The third-order valence-electron chi connectivity index (χ3n) is 4.04. The second-order valence-corrected chi connectivity index (χ2v) is 9.35. The van der Waals surface area contributed by atoms with Crippen LogP contribution < -0.4 is 10.4 Å². The summed E-state index contributed by atoms with van der Waals surface area (Å²) in [6.07, 6.45) is 0. The molecule has 3 aromatic rings.